The summed E-state index contributed by atoms with van der Waals surface area (Å²) >= 11 is 4.86. The quantitative estimate of drug-likeness (QED) is 0.418. The van der Waals surface area contributed by atoms with Crippen LogP contribution in [0.4, 0.5) is 4.39 Å². The van der Waals surface area contributed by atoms with E-state index < -0.39 is 12.2 Å². The van der Waals surface area contributed by atoms with Crippen LogP contribution in [0.2, 0.25) is 0 Å². The van der Waals surface area contributed by atoms with E-state index in [2.05, 4.69) is 5.73 Å². The smallest absolute Gasteiger partial charge is 0.118 e. The summed E-state index contributed by atoms with van der Waals surface area (Å²) in [4.78, 5) is 0. The van der Waals surface area contributed by atoms with Gasteiger partial charge in [-0.15, -0.1) is 24.0 Å². The molecule has 0 saturated carbocycles. The van der Waals surface area contributed by atoms with Crippen molar-refractivity contribution >= 4 is 24.0 Å². The molecule has 0 spiro atoms. The monoisotopic (exact) mass is 133 g/mol. The van der Waals surface area contributed by atoms with E-state index in [0.717, 1.165) is 0 Å². The van der Waals surface area contributed by atoms with Gasteiger partial charge in [-0.1, -0.05) is 0 Å². The second kappa shape index (κ2) is 5.47. The number of hydrogen-bond acceptors (Lipinski definition) is 1. The van der Waals surface area contributed by atoms with Gasteiger partial charge in [0.05, 0.1) is 0 Å². The molecule has 2 N–H and O–H groups in total. The Labute approximate surface area is 47.1 Å². The standard InChI is InChI=1S/C2H5ClFN.ClH/c3-2(5)1-4;/h2H,1,5H2;1H. The van der Waals surface area contributed by atoms with Crippen molar-refractivity contribution in [2.24, 2.45) is 5.73 Å². The van der Waals surface area contributed by atoms with Gasteiger partial charge in [0, 0.05) is 0 Å². The Balaban J connectivity index is 0. The Bertz CT molecular complexity index is 25.5. The zero-order valence-corrected chi connectivity index (χ0v) is 4.60. The predicted octanol–water partition coefficient (Wildman–Crippen LogP) is 0.901. The summed E-state index contributed by atoms with van der Waals surface area (Å²) < 4.78 is 10.9. The molecule has 0 radical (unpaired) electrons. The first-order valence-corrected chi connectivity index (χ1v) is 1.66. The van der Waals surface area contributed by atoms with Crippen LogP contribution >= 0.6 is 24.0 Å². The molecule has 0 aliphatic rings. The van der Waals surface area contributed by atoms with Crippen molar-refractivity contribution in [3.05, 3.63) is 0 Å². The van der Waals surface area contributed by atoms with E-state index in [4.69, 9.17) is 11.6 Å². The van der Waals surface area contributed by atoms with Crippen LogP contribution in [0.15, 0.2) is 0 Å². The van der Waals surface area contributed by atoms with Crippen LogP contribution < -0.4 is 5.73 Å². The van der Waals surface area contributed by atoms with E-state index in [9.17, 15) is 4.39 Å². The SMILES string of the molecule is Cl.NC(Cl)CF. The van der Waals surface area contributed by atoms with Gasteiger partial charge in [-0.05, 0) is 0 Å². The number of hydrogen-bond donors (Lipinski definition) is 1. The Morgan fingerprint density at radius 2 is 2.00 bits per heavy atom. The van der Waals surface area contributed by atoms with E-state index in [0.29, 0.717) is 0 Å². The van der Waals surface area contributed by atoms with Gasteiger partial charge in [-0.25, -0.2) is 4.39 Å². The van der Waals surface area contributed by atoms with Crippen LogP contribution in [0.5, 0.6) is 0 Å². The highest BCUT2D eigenvalue weighted by molar-refractivity contribution is 6.20. The lowest BCUT2D eigenvalue weighted by molar-refractivity contribution is 0.484. The van der Waals surface area contributed by atoms with Crippen LogP contribution in [-0.2, 0) is 0 Å². The molecular formula is C2H6Cl2FN. The minimum absolute atomic E-state index is 0. The molecule has 0 aliphatic heterocycles. The maximum atomic E-state index is 10.9. The van der Waals surface area contributed by atoms with Crippen LogP contribution in [0.1, 0.15) is 0 Å². The fourth-order valence-corrected chi connectivity index (χ4v) is 0. The minimum Gasteiger partial charge on any atom is -0.313 e. The average molecular weight is 134 g/mol. The van der Waals surface area contributed by atoms with E-state index in [1.807, 2.05) is 0 Å². The highest BCUT2D eigenvalue weighted by Crippen LogP contribution is 1.81. The highest BCUT2D eigenvalue weighted by Gasteiger charge is 1.86. The Morgan fingerprint density at radius 3 is 2.00 bits per heavy atom. The molecule has 4 heteroatoms. The minimum atomic E-state index is -0.810. The molecule has 0 heterocycles. The molecule has 0 saturated heterocycles. The summed E-state index contributed by atoms with van der Waals surface area (Å²) in [6.07, 6.45) is 0. The molecule has 0 amide bonds. The molecule has 40 valence electrons. The van der Waals surface area contributed by atoms with Crippen molar-refractivity contribution in [2.75, 3.05) is 6.67 Å². The molecule has 0 aliphatic carbocycles. The lowest BCUT2D eigenvalue weighted by Crippen LogP contribution is -2.12. The molecule has 6 heavy (non-hydrogen) atoms. The number of rotatable bonds is 1. The van der Waals surface area contributed by atoms with Crippen LogP contribution in [0, 0.1) is 0 Å². The first-order valence-electron chi connectivity index (χ1n) is 1.23. The third-order valence-corrected chi connectivity index (χ3v) is 0.264. The van der Waals surface area contributed by atoms with Crippen molar-refractivity contribution in [1.82, 2.24) is 0 Å². The fraction of sp³-hybridized carbons (Fsp3) is 1.00. The maximum Gasteiger partial charge on any atom is 0.118 e. The molecule has 0 fully saturated rings. The van der Waals surface area contributed by atoms with Gasteiger partial charge < -0.3 is 5.73 Å². The van der Waals surface area contributed by atoms with Gasteiger partial charge in [0.2, 0.25) is 0 Å². The molecule has 0 aromatic carbocycles. The molecule has 0 aromatic rings. The van der Waals surface area contributed by atoms with E-state index in [-0.39, 0.29) is 12.4 Å². The molecular weight excluding hydrogens is 128 g/mol. The van der Waals surface area contributed by atoms with Gasteiger partial charge >= 0.3 is 0 Å². The summed E-state index contributed by atoms with van der Waals surface area (Å²) in [5, 5.41) is 0. The number of halogens is 3. The van der Waals surface area contributed by atoms with Gasteiger partial charge in [0.1, 0.15) is 12.2 Å². The summed E-state index contributed by atoms with van der Waals surface area (Å²) in [6.45, 7) is -0.651. The third kappa shape index (κ3) is 8.82. The second-order valence-corrected chi connectivity index (χ2v) is 1.23. The largest absolute Gasteiger partial charge is 0.313 e. The fourth-order valence-electron chi connectivity index (χ4n) is 0. The van der Waals surface area contributed by atoms with E-state index in [1.165, 1.54) is 0 Å². The van der Waals surface area contributed by atoms with Crippen molar-refractivity contribution in [1.29, 1.82) is 0 Å². The molecule has 1 unspecified atom stereocenters. The second-order valence-electron chi connectivity index (χ2n) is 0.670. The normalized spacial score (nSPS) is 12.5. The lowest BCUT2D eigenvalue weighted by Gasteiger charge is -1.85. The Kier molecular flexibility index (Phi) is 8.83. The highest BCUT2D eigenvalue weighted by atomic mass is 35.5. The van der Waals surface area contributed by atoms with E-state index in [1.54, 1.807) is 0 Å². The van der Waals surface area contributed by atoms with Crippen LogP contribution in [0.25, 0.3) is 0 Å². The topological polar surface area (TPSA) is 26.0 Å². The molecule has 1 atom stereocenters. The lowest BCUT2D eigenvalue weighted by atomic mass is 10.8. The zero-order chi connectivity index (χ0) is 4.28. The molecule has 0 bridgehead atoms. The molecule has 0 rings (SSSR count). The summed E-state index contributed by atoms with van der Waals surface area (Å²) in [6, 6.07) is 0. The van der Waals surface area contributed by atoms with Gasteiger partial charge in [-0.2, -0.15) is 0 Å². The van der Waals surface area contributed by atoms with Crippen molar-refractivity contribution in [2.45, 2.75) is 5.50 Å². The molecule has 0 aromatic heterocycles. The Hall–Kier alpha value is 0.470. The van der Waals surface area contributed by atoms with Gasteiger partial charge in [-0.3, -0.25) is 0 Å². The van der Waals surface area contributed by atoms with Crippen LogP contribution in [0.3, 0.4) is 0 Å². The van der Waals surface area contributed by atoms with Crippen LogP contribution in [-0.4, -0.2) is 12.2 Å². The average Bonchev–Trinajstić information content (AvgIpc) is 1.38. The van der Waals surface area contributed by atoms with Crippen molar-refractivity contribution < 1.29 is 4.39 Å². The molecule has 1 nitrogen and oxygen atoms in total. The number of nitrogens with two attached hydrogens (primary N) is 1. The van der Waals surface area contributed by atoms with E-state index >= 15 is 0 Å². The van der Waals surface area contributed by atoms with Crippen molar-refractivity contribution in [3.63, 3.8) is 0 Å². The summed E-state index contributed by atoms with van der Waals surface area (Å²) in [5.41, 5.74) is 3.87. The predicted molar refractivity (Wildman–Crippen MR) is 27.1 cm³/mol. The first-order chi connectivity index (χ1) is 2.27. The van der Waals surface area contributed by atoms with Gasteiger partial charge in [0.25, 0.3) is 0 Å². The summed E-state index contributed by atoms with van der Waals surface area (Å²) in [5.74, 6) is 0. The first kappa shape index (κ1) is 9.69. The Morgan fingerprint density at radius 1 is 1.83 bits per heavy atom. The number of alkyl halides is 2. The zero-order valence-electron chi connectivity index (χ0n) is 3.03. The van der Waals surface area contributed by atoms with Crippen molar-refractivity contribution in [3.8, 4) is 0 Å². The third-order valence-electron chi connectivity index (χ3n) is 0.147. The van der Waals surface area contributed by atoms with Gasteiger partial charge in [0.15, 0.2) is 0 Å². The maximum absolute atomic E-state index is 10.9. The summed E-state index contributed by atoms with van der Waals surface area (Å²) in [7, 11) is 0.